The number of sulfonamides is 1. The van der Waals surface area contributed by atoms with E-state index in [1.807, 2.05) is 6.07 Å². The molecule has 0 saturated carbocycles. The molecule has 0 spiro atoms. The van der Waals surface area contributed by atoms with Crippen molar-refractivity contribution in [3.63, 3.8) is 0 Å². The highest BCUT2D eigenvalue weighted by Crippen LogP contribution is 2.22. The van der Waals surface area contributed by atoms with Gasteiger partial charge in [-0.15, -0.1) is 0 Å². The summed E-state index contributed by atoms with van der Waals surface area (Å²) in [4.78, 5) is -0.118. The number of nitrogens with one attached hydrogen (secondary N) is 1. The molecule has 1 aromatic rings. The Balaban J connectivity index is 3.03. The van der Waals surface area contributed by atoms with E-state index in [2.05, 4.69) is 4.72 Å². The summed E-state index contributed by atoms with van der Waals surface area (Å²) in [5.74, 6) is 0. The molecule has 18 heavy (non-hydrogen) atoms. The minimum atomic E-state index is -3.80. The van der Waals surface area contributed by atoms with Crippen LogP contribution in [0.15, 0.2) is 23.1 Å². The number of hydrogen-bond donors (Lipinski definition) is 2. The number of aliphatic hydroxyl groups is 1. The summed E-state index contributed by atoms with van der Waals surface area (Å²) >= 11 is 5.81. The lowest BCUT2D eigenvalue weighted by Gasteiger charge is -2.18. The number of hydrogen-bond acceptors (Lipinski definition) is 4. The molecule has 0 atom stereocenters. The van der Waals surface area contributed by atoms with Crippen LogP contribution in [0.2, 0.25) is 5.02 Å². The molecule has 0 aromatic heterocycles. The number of nitrogens with zero attached hydrogens (tertiary/aromatic N) is 1. The van der Waals surface area contributed by atoms with Crippen molar-refractivity contribution in [1.29, 1.82) is 5.26 Å². The lowest BCUT2D eigenvalue weighted by molar-refractivity contribution is 0.0857. The second kappa shape index (κ2) is 5.24. The molecule has 1 aromatic carbocycles. The van der Waals surface area contributed by atoms with Crippen LogP contribution in [0.25, 0.3) is 0 Å². The van der Waals surface area contributed by atoms with Crippen molar-refractivity contribution in [3.05, 3.63) is 28.8 Å². The minimum Gasteiger partial charge on any atom is -0.389 e. The quantitative estimate of drug-likeness (QED) is 0.873. The fraction of sp³-hybridized carbons (Fsp3) is 0.364. The monoisotopic (exact) mass is 288 g/mol. The number of rotatable bonds is 4. The Kier molecular flexibility index (Phi) is 4.35. The predicted molar refractivity (Wildman–Crippen MR) is 67.7 cm³/mol. The van der Waals surface area contributed by atoms with Gasteiger partial charge in [-0.1, -0.05) is 11.6 Å². The van der Waals surface area contributed by atoms with Crippen molar-refractivity contribution in [1.82, 2.24) is 4.72 Å². The third-order valence-corrected chi connectivity index (χ3v) is 3.93. The molecular weight excluding hydrogens is 276 g/mol. The third kappa shape index (κ3) is 3.96. The summed E-state index contributed by atoms with van der Waals surface area (Å²) in [6, 6.07) is 5.76. The van der Waals surface area contributed by atoms with Gasteiger partial charge in [-0.3, -0.25) is 0 Å². The third-order valence-electron chi connectivity index (χ3n) is 2.05. The Hall–Kier alpha value is -1.13. The van der Waals surface area contributed by atoms with Crippen LogP contribution in [-0.4, -0.2) is 25.7 Å². The van der Waals surface area contributed by atoms with E-state index in [4.69, 9.17) is 16.9 Å². The molecule has 0 aliphatic rings. The summed E-state index contributed by atoms with van der Waals surface area (Å²) in [5.41, 5.74) is -0.881. The van der Waals surface area contributed by atoms with Crippen molar-refractivity contribution in [2.75, 3.05) is 6.54 Å². The summed E-state index contributed by atoms with van der Waals surface area (Å²) in [6.45, 7) is 2.83. The zero-order valence-corrected chi connectivity index (χ0v) is 11.5. The van der Waals surface area contributed by atoms with Crippen molar-refractivity contribution in [2.24, 2.45) is 0 Å². The van der Waals surface area contributed by atoms with E-state index >= 15 is 0 Å². The fourth-order valence-corrected chi connectivity index (χ4v) is 2.88. The van der Waals surface area contributed by atoms with Gasteiger partial charge < -0.3 is 5.11 Å². The van der Waals surface area contributed by atoms with E-state index in [1.54, 1.807) is 0 Å². The largest absolute Gasteiger partial charge is 0.389 e. The Morgan fingerprint density at radius 3 is 2.56 bits per heavy atom. The lowest BCUT2D eigenvalue weighted by atomic mass is 10.1. The zero-order chi connectivity index (χ0) is 14.0. The van der Waals surface area contributed by atoms with Crippen LogP contribution in [0.4, 0.5) is 0 Å². The normalized spacial score (nSPS) is 12.2. The van der Waals surface area contributed by atoms with Crippen LogP contribution in [-0.2, 0) is 10.0 Å². The van der Waals surface area contributed by atoms with Crippen molar-refractivity contribution >= 4 is 21.6 Å². The molecule has 1 rings (SSSR count). The maximum Gasteiger partial charge on any atom is 0.242 e. The summed E-state index contributed by atoms with van der Waals surface area (Å²) in [7, 11) is -3.80. The standard InChI is InChI=1S/C11H13ClN2O3S/c1-11(2,15)7-14-18(16,17)10-4-3-8(6-13)5-9(10)12/h3-5,14-15H,7H2,1-2H3. The van der Waals surface area contributed by atoms with E-state index in [1.165, 1.54) is 32.0 Å². The highest BCUT2D eigenvalue weighted by atomic mass is 35.5. The smallest absolute Gasteiger partial charge is 0.242 e. The summed E-state index contributed by atoms with van der Waals surface area (Å²) in [6.07, 6.45) is 0. The van der Waals surface area contributed by atoms with E-state index in [-0.39, 0.29) is 22.0 Å². The van der Waals surface area contributed by atoms with Crippen LogP contribution in [0, 0.1) is 11.3 Å². The average Bonchev–Trinajstić information content (AvgIpc) is 2.25. The molecule has 5 nitrogen and oxygen atoms in total. The molecule has 0 heterocycles. The maximum absolute atomic E-state index is 11.9. The first kappa shape index (κ1) is 14.9. The molecule has 0 fully saturated rings. The second-order valence-electron chi connectivity index (χ2n) is 4.39. The minimum absolute atomic E-state index is 0.0303. The number of halogens is 1. The number of benzene rings is 1. The molecule has 0 aliphatic carbocycles. The van der Waals surface area contributed by atoms with Crippen LogP contribution in [0.3, 0.4) is 0 Å². The molecule has 2 N–H and O–H groups in total. The number of nitriles is 1. The van der Waals surface area contributed by atoms with Crippen LogP contribution < -0.4 is 4.72 Å². The molecular formula is C11H13ClN2O3S. The maximum atomic E-state index is 11.9. The van der Waals surface area contributed by atoms with Crippen LogP contribution >= 0.6 is 11.6 Å². The molecule has 7 heteroatoms. The van der Waals surface area contributed by atoms with Gasteiger partial charge in [0, 0.05) is 6.54 Å². The van der Waals surface area contributed by atoms with Gasteiger partial charge in [0.05, 0.1) is 22.3 Å². The van der Waals surface area contributed by atoms with Gasteiger partial charge in [0.25, 0.3) is 0 Å². The van der Waals surface area contributed by atoms with Crippen molar-refractivity contribution in [2.45, 2.75) is 24.3 Å². The van der Waals surface area contributed by atoms with Gasteiger partial charge in [-0.05, 0) is 32.0 Å². The average molecular weight is 289 g/mol. The first-order valence-corrected chi connectivity index (χ1v) is 6.93. The molecule has 98 valence electrons. The molecule has 0 saturated heterocycles. The lowest BCUT2D eigenvalue weighted by Crippen LogP contribution is -2.38. The predicted octanol–water partition coefficient (Wildman–Crippen LogP) is 1.26. The Labute approximate surface area is 111 Å². The van der Waals surface area contributed by atoms with Crippen molar-refractivity contribution < 1.29 is 13.5 Å². The second-order valence-corrected chi connectivity index (χ2v) is 6.54. The molecule has 0 radical (unpaired) electrons. The van der Waals surface area contributed by atoms with Gasteiger partial charge >= 0.3 is 0 Å². The first-order chi connectivity index (χ1) is 8.15. The SMILES string of the molecule is CC(C)(O)CNS(=O)(=O)c1ccc(C#N)cc1Cl. The van der Waals surface area contributed by atoms with Gasteiger partial charge in [0.1, 0.15) is 4.90 Å². The zero-order valence-electron chi connectivity index (χ0n) is 9.94. The Morgan fingerprint density at radius 2 is 2.11 bits per heavy atom. The van der Waals surface area contributed by atoms with Crippen molar-refractivity contribution in [3.8, 4) is 6.07 Å². The van der Waals surface area contributed by atoms with Gasteiger partial charge in [0.15, 0.2) is 0 Å². The Morgan fingerprint density at radius 1 is 1.50 bits per heavy atom. The van der Waals surface area contributed by atoms with E-state index in [9.17, 15) is 13.5 Å². The van der Waals surface area contributed by atoms with E-state index in [0.717, 1.165) is 0 Å². The van der Waals surface area contributed by atoms with E-state index < -0.39 is 15.6 Å². The van der Waals surface area contributed by atoms with Crippen LogP contribution in [0.5, 0.6) is 0 Å². The fourth-order valence-electron chi connectivity index (χ4n) is 1.14. The topological polar surface area (TPSA) is 90.2 Å². The van der Waals surface area contributed by atoms with Gasteiger partial charge in [-0.25, -0.2) is 13.1 Å². The molecule has 0 aliphatic heterocycles. The Bertz CT molecular complexity index is 585. The molecule has 0 unspecified atom stereocenters. The molecule has 0 bridgehead atoms. The first-order valence-electron chi connectivity index (χ1n) is 5.07. The van der Waals surface area contributed by atoms with Gasteiger partial charge in [-0.2, -0.15) is 5.26 Å². The van der Waals surface area contributed by atoms with E-state index in [0.29, 0.717) is 0 Å². The highest BCUT2D eigenvalue weighted by Gasteiger charge is 2.21. The summed E-state index contributed by atoms with van der Waals surface area (Å²) in [5, 5.41) is 18.1. The summed E-state index contributed by atoms with van der Waals surface area (Å²) < 4.78 is 26.1. The highest BCUT2D eigenvalue weighted by molar-refractivity contribution is 7.89. The van der Waals surface area contributed by atoms with Crippen LogP contribution in [0.1, 0.15) is 19.4 Å². The molecule has 0 amide bonds. The van der Waals surface area contributed by atoms with Gasteiger partial charge in [0.2, 0.25) is 10.0 Å².